The molecule has 3 nitrogen and oxygen atoms in total. The monoisotopic (exact) mass is 304 g/mol. The lowest BCUT2D eigenvalue weighted by Crippen LogP contribution is -2.34. The average molecular weight is 304 g/mol. The first-order chi connectivity index (χ1) is 11.1. The van der Waals surface area contributed by atoms with Gasteiger partial charge in [-0.25, -0.2) is 0 Å². The van der Waals surface area contributed by atoms with Gasteiger partial charge in [-0.05, 0) is 37.6 Å². The van der Waals surface area contributed by atoms with Crippen molar-refractivity contribution in [3.05, 3.63) is 77.5 Å². The van der Waals surface area contributed by atoms with Gasteiger partial charge in [0, 0.05) is 29.1 Å². The number of para-hydroxylation sites is 1. The molecule has 1 unspecified atom stereocenters. The molecule has 1 amide bonds. The molecule has 3 aromatic rings. The maximum absolute atomic E-state index is 12.3. The van der Waals surface area contributed by atoms with Gasteiger partial charge < -0.3 is 5.32 Å². The van der Waals surface area contributed by atoms with Crippen LogP contribution >= 0.6 is 0 Å². The minimum Gasteiger partial charge on any atom is -0.349 e. The second-order valence-corrected chi connectivity index (χ2v) is 5.89. The lowest BCUT2D eigenvalue weighted by molar-refractivity contribution is 0.0939. The molecule has 3 rings (SSSR count). The van der Waals surface area contributed by atoms with Crippen molar-refractivity contribution in [2.45, 2.75) is 26.3 Å². The van der Waals surface area contributed by atoms with Crippen molar-refractivity contribution in [2.24, 2.45) is 0 Å². The summed E-state index contributed by atoms with van der Waals surface area (Å²) < 4.78 is 0. The first-order valence-corrected chi connectivity index (χ1v) is 7.84. The standard InChI is InChI=1S/C20H20N2O/c1-14-7-3-5-9-18(14)20(23)21-15(2)13-17-12-11-16-8-4-6-10-19(16)22-17/h3-12,15H,13H2,1-2H3,(H,21,23). The number of nitrogens with zero attached hydrogens (tertiary/aromatic N) is 1. The summed E-state index contributed by atoms with van der Waals surface area (Å²) in [6.07, 6.45) is 0.711. The third-order valence-corrected chi connectivity index (χ3v) is 3.94. The van der Waals surface area contributed by atoms with Crippen LogP contribution in [0.15, 0.2) is 60.7 Å². The van der Waals surface area contributed by atoms with Crippen molar-refractivity contribution < 1.29 is 4.79 Å². The summed E-state index contributed by atoms with van der Waals surface area (Å²) in [4.78, 5) is 17.0. The maximum atomic E-state index is 12.3. The maximum Gasteiger partial charge on any atom is 0.251 e. The van der Waals surface area contributed by atoms with E-state index in [9.17, 15) is 4.79 Å². The molecule has 23 heavy (non-hydrogen) atoms. The molecule has 3 heteroatoms. The van der Waals surface area contributed by atoms with Crippen LogP contribution in [0, 0.1) is 6.92 Å². The molecule has 0 aliphatic rings. The Morgan fingerprint density at radius 2 is 1.78 bits per heavy atom. The zero-order chi connectivity index (χ0) is 16.2. The van der Waals surface area contributed by atoms with Crippen LogP contribution in [0.4, 0.5) is 0 Å². The zero-order valence-corrected chi connectivity index (χ0v) is 13.4. The normalized spacial score (nSPS) is 12.1. The number of rotatable bonds is 4. The Morgan fingerprint density at radius 1 is 1.04 bits per heavy atom. The Hall–Kier alpha value is -2.68. The Balaban J connectivity index is 1.69. The predicted molar refractivity (Wildman–Crippen MR) is 93.6 cm³/mol. The summed E-state index contributed by atoms with van der Waals surface area (Å²) in [6, 6.07) is 19.8. The smallest absolute Gasteiger partial charge is 0.251 e. The number of pyridine rings is 1. The van der Waals surface area contributed by atoms with Crippen molar-refractivity contribution in [3.8, 4) is 0 Å². The van der Waals surface area contributed by atoms with Gasteiger partial charge in [-0.2, -0.15) is 0 Å². The molecule has 1 heterocycles. The Morgan fingerprint density at radius 3 is 2.61 bits per heavy atom. The predicted octanol–water partition coefficient (Wildman–Crippen LogP) is 3.90. The van der Waals surface area contributed by atoms with Crippen LogP contribution in [0.3, 0.4) is 0 Å². The number of hydrogen-bond acceptors (Lipinski definition) is 2. The van der Waals surface area contributed by atoms with E-state index in [-0.39, 0.29) is 11.9 Å². The van der Waals surface area contributed by atoms with E-state index in [1.807, 2.05) is 62.4 Å². The van der Waals surface area contributed by atoms with Gasteiger partial charge in [0.2, 0.25) is 0 Å². The van der Waals surface area contributed by atoms with E-state index in [4.69, 9.17) is 0 Å². The summed E-state index contributed by atoms with van der Waals surface area (Å²) in [7, 11) is 0. The second-order valence-electron chi connectivity index (χ2n) is 5.89. The van der Waals surface area contributed by atoms with E-state index in [1.54, 1.807) is 0 Å². The molecule has 0 fully saturated rings. The minimum atomic E-state index is -0.0311. The number of aryl methyl sites for hydroxylation is 1. The number of amides is 1. The first kappa shape index (κ1) is 15.2. The molecule has 1 atom stereocenters. The van der Waals surface area contributed by atoms with Crippen molar-refractivity contribution in [2.75, 3.05) is 0 Å². The molecule has 0 bridgehead atoms. The van der Waals surface area contributed by atoms with Crippen molar-refractivity contribution in [3.63, 3.8) is 0 Å². The van der Waals surface area contributed by atoms with Gasteiger partial charge in [0.25, 0.3) is 5.91 Å². The number of hydrogen-bond donors (Lipinski definition) is 1. The van der Waals surface area contributed by atoms with E-state index >= 15 is 0 Å². The van der Waals surface area contributed by atoms with Gasteiger partial charge in [-0.1, -0.05) is 42.5 Å². The largest absolute Gasteiger partial charge is 0.349 e. The third kappa shape index (κ3) is 3.57. The van der Waals surface area contributed by atoms with E-state index in [1.165, 1.54) is 0 Å². The van der Waals surface area contributed by atoms with Crippen LogP contribution in [0.1, 0.15) is 28.5 Å². The van der Waals surface area contributed by atoms with Gasteiger partial charge in [0.15, 0.2) is 0 Å². The first-order valence-electron chi connectivity index (χ1n) is 7.84. The molecule has 2 aromatic carbocycles. The van der Waals surface area contributed by atoms with Gasteiger partial charge >= 0.3 is 0 Å². The van der Waals surface area contributed by atoms with Crippen molar-refractivity contribution >= 4 is 16.8 Å². The van der Waals surface area contributed by atoms with Gasteiger partial charge in [-0.15, -0.1) is 0 Å². The summed E-state index contributed by atoms with van der Waals surface area (Å²) >= 11 is 0. The molecule has 0 radical (unpaired) electrons. The highest BCUT2D eigenvalue weighted by molar-refractivity contribution is 5.95. The summed E-state index contributed by atoms with van der Waals surface area (Å²) in [5.74, 6) is -0.0311. The molecular formula is C20H20N2O. The highest BCUT2D eigenvalue weighted by Crippen LogP contribution is 2.13. The van der Waals surface area contributed by atoms with Crippen LogP contribution in [0.2, 0.25) is 0 Å². The van der Waals surface area contributed by atoms with E-state index < -0.39 is 0 Å². The fraction of sp³-hybridized carbons (Fsp3) is 0.200. The number of carbonyl (C=O) groups is 1. The molecular weight excluding hydrogens is 284 g/mol. The molecule has 0 aliphatic heterocycles. The second kappa shape index (κ2) is 6.61. The van der Waals surface area contributed by atoms with Gasteiger partial charge in [0.05, 0.1) is 5.52 Å². The molecule has 0 saturated heterocycles. The lowest BCUT2D eigenvalue weighted by atomic mass is 10.1. The molecule has 1 N–H and O–H groups in total. The van der Waals surface area contributed by atoms with E-state index in [0.29, 0.717) is 6.42 Å². The van der Waals surface area contributed by atoms with E-state index in [0.717, 1.165) is 27.7 Å². The number of fused-ring (bicyclic) bond motifs is 1. The third-order valence-electron chi connectivity index (χ3n) is 3.94. The molecule has 116 valence electrons. The van der Waals surface area contributed by atoms with Crippen molar-refractivity contribution in [1.82, 2.24) is 10.3 Å². The fourth-order valence-electron chi connectivity index (χ4n) is 2.72. The molecule has 1 aromatic heterocycles. The van der Waals surface area contributed by atoms with E-state index in [2.05, 4.69) is 22.4 Å². The lowest BCUT2D eigenvalue weighted by Gasteiger charge is -2.15. The SMILES string of the molecule is Cc1ccccc1C(=O)NC(C)Cc1ccc2ccccc2n1. The minimum absolute atomic E-state index is 0.0239. The van der Waals surface area contributed by atoms with Crippen LogP contribution in [-0.2, 0) is 6.42 Å². The Bertz CT molecular complexity index is 842. The number of aromatic nitrogens is 1. The quantitative estimate of drug-likeness (QED) is 0.794. The molecule has 0 aliphatic carbocycles. The number of carbonyl (C=O) groups excluding carboxylic acids is 1. The summed E-state index contributed by atoms with van der Waals surface area (Å²) in [6.45, 7) is 3.96. The average Bonchev–Trinajstić information content (AvgIpc) is 2.55. The molecule has 0 saturated carbocycles. The topological polar surface area (TPSA) is 42.0 Å². The fourth-order valence-corrected chi connectivity index (χ4v) is 2.72. The Kier molecular flexibility index (Phi) is 4.38. The van der Waals surface area contributed by atoms with Crippen LogP contribution in [0.5, 0.6) is 0 Å². The summed E-state index contributed by atoms with van der Waals surface area (Å²) in [5, 5.41) is 4.19. The van der Waals surface area contributed by atoms with Gasteiger partial charge in [0.1, 0.15) is 0 Å². The number of benzene rings is 2. The van der Waals surface area contributed by atoms with Crippen LogP contribution < -0.4 is 5.32 Å². The van der Waals surface area contributed by atoms with Crippen molar-refractivity contribution in [1.29, 1.82) is 0 Å². The number of nitrogens with one attached hydrogen (secondary N) is 1. The zero-order valence-electron chi connectivity index (χ0n) is 13.4. The van der Waals surface area contributed by atoms with Crippen LogP contribution in [0.25, 0.3) is 10.9 Å². The summed E-state index contributed by atoms with van der Waals surface area (Å²) in [5.41, 5.74) is 3.69. The highest BCUT2D eigenvalue weighted by Gasteiger charge is 2.12. The van der Waals surface area contributed by atoms with Crippen LogP contribution in [-0.4, -0.2) is 16.9 Å². The Labute approximate surface area is 136 Å². The highest BCUT2D eigenvalue weighted by atomic mass is 16.1. The molecule has 0 spiro atoms. The van der Waals surface area contributed by atoms with Gasteiger partial charge in [-0.3, -0.25) is 9.78 Å².